The Balaban J connectivity index is 2.78. The molecule has 0 aromatic carbocycles. The van der Waals surface area contributed by atoms with Gasteiger partial charge in [0.05, 0.1) is 11.0 Å². The van der Waals surface area contributed by atoms with E-state index in [1.54, 1.807) is 0 Å². The molecule has 1 aromatic heterocycles. The second-order valence-corrected chi connectivity index (χ2v) is 4.84. The summed E-state index contributed by atoms with van der Waals surface area (Å²) in [5.74, 6) is -0.0495. The Labute approximate surface area is 96.1 Å². The lowest BCUT2D eigenvalue weighted by atomic mass is 9.99. The van der Waals surface area contributed by atoms with Crippen molar-refractivity contribution in [3.8, 4) is 0 Å². The van der Waals surface area contributed by atoms with E-state index in [2.05, 4.69) is 4.98 Å². The van der Waals surface area contributed by atoms with Crippen molar-refractivity contribution in [2.45, 2.75) is 39.0 Å². The number of hydrogen-bond acceptors (Lipinski definition) is 3. The molecule has 2 atom stereocenters. The van der Waals surface area contributed by atoms with Gasteiger partial charge in [-0.15, -0.1) is 11.3 Å². The van der Waals surface area contributed by atoms with Gasteiger partial charge >= 0.3 is 6.18 Å². The van der Waals surface area contributed by atoms with Gasteiger partial charge < -0.3 is 5.11 Å². The topological polar surface area (TPSA) is 33.1 Å². The molecule has 6 heteroatoms. The zero-order chi connectivity index (χ0) is 12.3. The Morgan fingerprint density at radius 2 is 2.12 bits per heavy atom. The van der Waals surface area contributed by atoms with Crippen molar-refractivity contribution in [2.24, 2.45) is 5.92 Å². The monoisotopic (exact) mass is 253 g/mol. The van der Waals surface area contributed by atoms with Crippen LogP contribution in [0.5, 0.6) is 0 Å². The van der Waals surface area contributed by atoms with Gasteiger partial charge in [-0.1, -0.05) is 20.3 Å². The highest BCUT2D eigenvalue weighted by Gasteiger charge is 2.35. The molecule has 0 saturated carbocycles. The summed E-state index contributed by atoms with van der Waals surface area (Å²) in [7, 11) is 0. The summed E-state index contributed by atoms with van der Waals surface area (Å²) in [6, 6.07) is 0. The van der Waals surface area contributed by atoms with Gasteiger partial charge in [-0.25, -0.2) is 4.98 Å². The number of rotatable bonds is 4. The largest absolute Gasteiger partial charge is 0.443 e. The van der Waals surface area contributed by atoms with Crippen LogP contribution in [0, 0.1) is 5.92 Å². The lowest BCUT2D eigenvalue weighted by Gasteiger charge is -2.15. The number of aliphatic hydroxyl groups excluding tert-OH is 1. The molecule has 1 heterocycles. The molecule has 2 nitrogen and oxygen atoms in total. The fourth-order valence-electron chi connectivity index (χ4n) is 1.45. The molecule has 0 aliphatic rings. The number of aliphatic hydroxyl groups is 1. The summed E-state index contributed by atoms with van der Waals surface area (Å²) in [6.07, 6.45) is -2.49. The number of alkyl halides is 3. The van der Waals surface area contributed by atoms with Gasteiger partial charge in [0, 0.05) is 6.20 Å². The van der Waals surface area contributed by atoms with E-state index in [1.165, 1.54) is 0 Å². The zero-order valence-corrected chi connectivity index (χ0v) is 9.90. The number of thiazole rings is 1. The van der Waals surface area contributed by atoms with Crippen molar-refractivity contribution >= 4 is 11.3 Å². The maximum absolute atomic E-state index is 12.3. The van der Waals surface area contributed by atoms with Crippen LogP contribution in [0.1, 0.15) is 42.7 Å². The molecule has 0 aliphatic heterocycles. The van der Waals surface area contributed by atoms with Crippen molar-refractivity contribution in [3.63, 3.8) is 0 Å². The van der Waals surface area contributed by atoms with E-state index in [1.807, 2.05) is 13.8 Å². The van der Waals surface area contributed by atoms with E-state index < -0.39 is 17.3 Å². The van der Waals surface area contributed by atoms with Gasteiger partial charge in [-0.2, -0.15) is 13.2 Å². The predicted molar refractivity (Wildman–Crippen MR) is 56.1 cm³/mol. The van der Waals surface area contributed by atoms with Gasteiger partial charge in [-0.05, 0) is 12.3 Å². The van der Waals surface area contributed by atoms with Crippen LogP contribution in [0.4, 0.5) is 13.2 Å². The molecule has 1 aromatic rings. The molecular formula is C10H14F3NOS. The first kappa shape index (κ1) is 13.4. The maximum atomic E-state index is 12.3. The zero-order valence-electron chi connectivity index (χ0n) is 9.08. The molecule has 0 saturated heterocycles. The normalized spacial score (nSPS) is 16.1. The molecule has 0 bridgehead atoms. The standard InChI is InChI=1S/C10H14F3NOS/c1-3-4-6(2)8(15)7-5-14-9(16-7)10(11,12)13/h5-6,8,15H,3-4H2,1-2H3. The predicted octanol–water partition coefficient (Wildman–Crippen LogP) is 3.63. The van der Waals surface area contributed by atoms with Gasteiger partial charge in [-0.3, -0.25) is 0 Å². The SMILES string of the molecule is CCCC(C)C(O)c1cnc(C(F)(F)F)s1. The first-order valence-electron chi connectivity index (χ1n) is 5.07. The molecule has 0 aliphatic carbocycles. The Kier molecular flexibility index (Phi) is 4.32. The summed E-state index contributed by atoms with van der Waals surface area (Å²) in [4.78, 5) is 3.57. The van der Waals surface area contributed by atoms with E-state index >= 15 is 0 Å². The molecule has 16 heavy (non-hydrogen) atoms. The molecular weight excluding hydrogens is 239 g/mol. The molecule has 0 fully saturated rings. The van der Waals surface area contributed by atoms with Crippen molar-refractivity contribution in [1.29, 1.82) is 0 Å². The van der Waals surface area contributed by atoms with E-state index in [9.17, 15) is 18.3 Å². The average Bonchev–Trinajstić information content (AvgIpc) is 2.65. The van der Waals surface area contributed by atoms with Crippen LogP contribution in [0.15, 0.2) is 6.20 Å². The molecule has 0 spiro atoms. The number of hydrogen-bond donors (Lipinski definition) is 1. The van der Waals surface area contributed by atoms with Crippen LogP contribution < -0.4 is 0 Å². The lowest BCUT2D eigenvalue weighted by Crippen LogP contribution is -2.07. The van der Waals surface area contributed by atoms with Crippen molar-refractivity contribution in [3.05, 3.63) is 16.1 Å². The van der Waals surface area contributed by atoms with Crippen LogP contribution >= 0.6 is 11.3 Å². The molecule has 1 rings (SSSR count). The van der Waals surface area contributed by atoms with Gasteiger partial charge in [0.2, 0.25) is 0 Å². The Hall–Kier alpha value is -0.620. The van der Waals surface area contributed by atoms with Crippen LogP contribution in [-0.2, 0) is 6.18 Å². The Morgan fingerprint density at radius 1 is 1.50 bits per heavy atom. The van der Waals surface area contributed by atoms with Crippen LogP contribution in [0.3, 0.4) is 0 Å². The van der Waals surface area contributed by atoms with Crippen molar-refractivity contribution in [1.82, 2.24) is 4.98 Å². The lowest BCUT2D eigenvalue weighted by molar-refractivity contribution is -0.137. The Morgan fingerprint density at radius 3 is 2.56 bits per heavy atom. The molecule has 0 radical (unpaired) electrons. The Bertz CT molecular complexity index is 337. The molecule has 0 amide bonds. The summed E-state index contributed by atoms with van der Waals surface area (Å²) in [6.45, 7) is 3.79. The van der Waals surface area contributed by atoms with Gasteiger partial charge in [0.15, 0.2) is 5.01 Å². The second kappa shape index (κ2) is 5.14. The maximum Gasteiger partial charge on any atom is 0.443 e. The first-order valence-corrected chi connectivity index (χ1v) is 5.89. The third kappa shape index (κ3) is 3.18. The third-order valence-corrected chi connectivity index (χ3v) is 3.45. The van der Waals surface area contributed by atoms with E-state index in [-0.39, 0.29) is 10.8 Å². The molecule has 2 unspecified atom stereocenters. The van der Waals surface area contributed by atoms with Crippen LogP contribution in [0.25, 0.3) is 0 Å². The quantitative estimate of drug-likeness (QED) is 0.888. The average molecular weight is 253 g/mol. The highest BCUT2D eigenvalue weighted by molar-refractivity contribution is 7.11. The summed E-state index contributed by atoms with van der Waals surface area (Å²) >= 11 is 0.516. The smallest absolute Gasteiger partial charge is 0.387 e. The van der Waals surface area contributed by atoms with Crippen molar-refractivity contribution < 1.29 is 18.3 Å². The second-order valence-electron chi connectivity index (χ2n) is 3.78. The number of halogens is 3. The minimum Gasteiger partial charge on any atom is -0.387 e. The van der Waals surface area contributed by atoms with Crippen molar-refractivity contribution in [2.75, 3.05) is 0 Å². The van der Waals surface area contributed by atoms with E-state index in [0.29, 0.717) is 11.3 Å². The van der Waals surface area contributed by atoms with E-state index in [4.69, 9.17) is 0 Å². The van der Waals surface area contributed by atoms with Crippen LogP contribution in [-0.4, -0.2) is 10.1 Å². The van der Waals surface area contributed by atoms with E-state index in [0.717, 1.165) is 19.0 Å². The number of nitrogens with zero attached hydrogens (tertiary/aromatic N) is 1. The number of aromatic nitrogens is 1. The molecule has 92 valence electrons. The summed E-state index contributed by atoms with van der Waals surface area (Å²) in [5, 5.41) is 8.90. The molecule has 1 N–H and O–H groups in total. The minimum absolute atomic E-state index is 0.0495. The van der Waals surface area contributed by atoms with Crippen LogP contribution in [0.2, 0.25) is 0 Å². The summed E-state index contributed by atoms with van der Waals surface area (Å²) < 4.78 is 36.8. The highest BCUT2D eigenvalue weighted by Crippen LogP contribution is 2.36. The minimum atomic E-state index is -4.42. The van der Waals surface area contributed by atoms with Gasteiger partial charge in [0.25, 0.3) is 0 Å². The highest BCUT2D eigenvalue weighted by atomic mass is 32.1. The van der Waals surface area contributed by atoms with Gasteiger partial charge in [0.1, 0.15) is 0 Å². The fourth-order valence-corrected chi connectivity index (χ4v) is 2.35. The fraction of sp³-hybridized carbons (Fsp3) is 0.700. The summed E-state index contributed by atoms with van der Waals surface area (Å²) in [5.41, 5.74) is 0. The first-order chi connectivity index (χ1) is 7.36. The third-order valence-electron chi connectivity index (χ3n) is 2.34.